The van der Waals surface area contributed by atoms with Gasteiger partial charge in [0.25, 0.3) is 0 Å². The highest BCUT2D eigenvalue weighted by Gasteiger charge is 2.10. The predicted molar refractivity (Wildman–Crippen MR) is 101 cm³/mol. The maximum Gasteiger partial charge on any atom is 0.118 e. The third kappa shape index (κ3) is 4.75. The molecule has 3 heteroatoms. The van der Waals surface area contributed by atoms with Gasteiger partial charge in [-0.15, -0.1) is 0 Å². The standard InChI is InChI=1S/C21H28N2O/c1-24-21-11-7-18(8-12-21)13-14-22-17-19-5-9-20(10-6-19)23-15-3-2-4-16-23/h5-12,22H,2-4,13-17H2,1H3. The first-order chi connectivity index (χ1) is 11.8. The Morgan fingerprint density at radius 1 is 0.875 bits per heavy atom. The Labute approximate surface area is 145 Å². The zero-order valence-corrected chi connectivity index (χ0v) is 14.6. The van der Waals surface area contributed by atoms with Gasteiger partial charge in [-0.2, -0.15) is 0 Å². The normalized spacial score (nSPS) is 14.6. The van der Waals surface area contributed by atoms with Gasteiger partial charge >= 0.3 is 0 Å². The first-order valence-electron chi connectivity index (χ1n) is 9.03. The maximum absolute atomic E-state index is 5.19. The Bertz CT molecular complexity index is 601. The Balaban J connectivity index is 1.41. The zero-order chi connectivity index (χ0) is 16.6. The Morgan fingerprint density at radius 3 is 2.21 bits per heavy atom. The molecule has 1 saturated heterocycles. The molecule has 1 heterocycles. The topological polar surface area (TPSA) is 24.5 Å². The lowest BCUT2D eigenvalue weighted by Gasteiger charge is -2.28. The Hall–Kier alpha value is -2.00. The maximum atomic E-state index is 5.19. The van der Waals surface area contributed by atoms with Crippen LogP contribution in [0.15, 0.2) is 48.5 Å². The molecule has 0 unspecified atom stereocenters. The van der Waals surface area contributed by atoms with Crippen molar-refractivity contribution in [3.63, 3.8) is 0 Å². The molecular weight excluding hydrogens is 296 g/mol. The first-order valence-corrected chi connectivity index (χ1v) is 9.03. The van der Waals surface area contributed by atoms with Gasteiger partial charge in [-0.1, -0.05) is 24.3 Å². The summed E-state index contributed by atoms with van der Waals surface area (Å²) in [6.07, 6.45) is 5.08. The molecule has 0 bridgehead atoms. The summed E-state index contributed by atoms with van der Waals surface area (Å²) in [6, 6.07) is 17.4. The molecule has 0 atom stereocenters. The molecule has 1 aliphatic heterocycles. The summed E-state index contributed by atoms with van der Waals surface area (Å²) in [5, 5.41) is 3.53. The average molecular weight is 324 g/mol. The quantitative estimate of drug-likeness (QED) is 0.779. The summed E-state index contributed by atoms with van der Waals surface area (Å²) in [4.78, 5) is 2.50. The van der Waals surface area contributed by atoms with Crippen molar-refractivity contribution >= 4 is 5.69 Å². The first kappa shape index (κ1) is 16.8. The van der Waals surface area contributed by atoms with Crippen LogP contribution < -0.4 is 15.0 Å². The number of anilines is 1. The van der Waals surface area contributed by atoms with Gasteiger partial charge in [0.05, 0.1) is 7.11 Å². The van der Waals surface area contributed by atoms with Crippen molar-refractivity contribution in [2.24, 2.45) is 0 Å². The molecule has 128 valence electrons. The summed E-state index contributed by atoms with van der Waals surface area (Å²) < 4.78 is 5.19. The number of rotatable bonds is 7. The van der Waals surface area contributed by atoms with E-state index in [0.717, 1.165) is 25.3 Å². The number of piperidine rings is 1. The molecule has 3 rings (SSSR count). The summed E-state index contributed by atoms with van der Waals surface area (Å²) in [5.74, 6) is 0.917. The number of hydrogen-bond acceptors (Lipinski definition) is 3. The van der Waals surface area contributed by atoms with Crippen molar-refractivity contribution in [1.82, 2.24) is 5.32 Å². The lowest BCUT2D eigenvalue weighted by atomic mass is 10.1. The fourth-order valence-corrected chi connectivity index (χ4v) is 3.23. The summed E-state index contributed by atoms with van der Waals surface area (Å²) in [6.45, 7) is 4.33. The van der Waals surface area contributed by atoms with Gasteiger partial charge in [-0.05, 0) is 67.6 Å². The minimum Gasteiger partial charge on any atom is -0.497 e. The van der Waals surface area contributed by atoms with Crippen LogP contribution in [0.2, 0.25) is 0 Å². The molecule has 0 radical (unpaired) electrons. The highest BCUT2D eigenvalue weighted by molar-refractivity contribution is 5.47. The third-order valence-corrected chi connectivity index (χ3v) is 4.74. The minimum atomic E-state index is 0.917. The highest BCUT2D eigenvalue weighted by Crippen LogP contribution is 2.20. The zero-order valence-electron chi connectivity index (χ0n) is 14.6. The summed E-state index contributed by atoms with van der Waals surface area (Å²) >= 11 is 0. The second kappa shape index (κ2) is 8.74. The van der Waals surface area contributed by atoms with E-state index in [2.05, 4.69) is 46.6 Å². The van der Waals surface area contributed by atoms with Crippen molar-refractivity contribution in [3.05, 3.63) is 59.7 Å². The predicted octanol–water partition coefficient (Wildman–Crippen LogP) is 4.02. The van der Waals surface area contributed by atoms with E-state index < -0.39 is 0 Å². The van der Waals surface area contributed by atoms with E-state index in [1.165, 1.54) is 49.2 Å². The van der Waals surface area contributed by atoms with Crippen LogP contribution in [0.5, 0.6) is 5.75 Å². The fourth-order valence-electron chi connectivity index (χ4n) is 3.23. The van der Waals surface area contributed by atoms with Crippen molar-refractivity contribution in [3.8, 4) is 5.75 Å². The van der Waals surface area contributed by atoms with Crippen molar-refractivity contribution < 1.29 is 4.74 Å². The molecule has 0 amide bonds. The highest BCUT2D eigenvalue weighted by atomic mass is 16.5. The number of benzene rings is 2. The molecule has 24 heavy (non-hydrogen) atoms. The molecule has 0 spiro atoms. The van der Waals surface area contributed by atoms with Crippen molar-refractivity contribution in [2.45, 2.75) is 32.2 Å². The summed E-state index contributed by atoms with van der Waals surface area (Å²) in [5.41, 5.74) is 4.06. The van der Waals surface area contributed by atoms with Gasteiger partial charge in [0.15, 0.2) is 0 Å². The second-order valence-electron chi connectivity index (χ2n) is 6.49. The van der Waals surface area contributed by atoms with Crippen LogP contribution in [-0.4, -0.2) is 26.7 Å². The van der Waals surface area contributed by atoms with Gasteiger partial charge < -0.3 is 15.0 Å². The number of nitrogens with one attached hydrogen (secondary N) is 1. The number of hydrogen-bond donors (Lipinski definition) is 1. The molecule has 2 aromatic rings. The molecule has 2 aromatic carbocycles. The number of methoxy groups -OCH3 is 1. The van der Waals surface area contributed by atoms with Crippen LogP contribution in [-0.2, 0) is 13.0 Å². The molecule has 0 saturated carbocycles. The van der Waals surface area contributed by atoms with Gasteiger partial charge in [0.2, 0.25) is 0 Å². The smallest absolute Gasteiger partial charge is 0.118 e. The van der Waals surface area contributed by atoms with Crippen LogP contribution >= 0.6 is 0 Å². The molecule has 1 fully saturated rings. The van der Waals surface area contributed by atoms with E-state index in [0.29, 0.717) is 0 Å². The molecular formula is C21H28N2O. The molecule has 0 aliphatic carbocycles. The van der Waals surface area contributed by atoms with Gasteiger partial charge in [0.1, 0.15) is 5.75 Å². The summed E-state index contributed by atoms with van der Waals surface area (Å²) in [7, 11) is 1.70. The molecule has 3 nitrogen and oxygen atoms in total. The monoisotopic (exact) mass is 324 g/mol. The second-order valence-corrected chi connectivity index (χ2v) is 6.49. The lowest BCUT2D eigenvalue weighted by molar-refractivity contribution is 0.414. The van der Waals surface area contributed by atoms with E-state index in [1.54, 1.807) is 7.11 Å². The SMILES string of the molecule is COc1ccc(CCNCc2ccc(N3CCCCC3)cc2)cc1. The van der Waals surface area contributed by atoms with Crippen LogP contribution in [0.4, 0.5) is 5.69 Å². The van der Waals surface area contributed by atoms with Crippen molar-refractivity contribution in [1.29, 1.82) is 0 Å². The van der Waals surface area contributed by atoms with Crippen LogP contribution in [0.25, 0.3) is 0 Å². The molecule has 0 aromatic heterocycles. The van der Waals surface area contributed by atoms with Gasteiger partial charge in [0, 0.05) is 25.3 Å². The van der Waals surface area contributed by atoms with Crippen LogP contribution in [0, 0.1) is 0 Å². The van der Waals surface area contributed by atoms with Gasteiger partial charge in [-0.3, -0.25) is 0 Å². The number of nitrogens with zero attached hydrogens (tertiary/aromatic N) is 1. The Kier molecular flexibility index (Phi) is 6.13. The molecule has 1 aliphatic rings. The minimum absolute atomic E-state index is 0.917. The van der Waals surface area contributed by atoms with E-state index in [9.17, 15) is 0 Å². The van der Waals surface area contributed by atoms with E-state index in [4.69, 9.17) is 4.74 Å². The lowest BCUT2D eigenvalue weighted by Crippen LogP contribution is -2.29. The fraction of sp³-hybridized carbons (Fsp3) is 0.429. The van der Waals surface area contributed by atoms with Crippen LogP contribution in [0.3, 0.4) is 0 Å². The van der Waals surface area contributed by atoms with E-state index in [-0.39, 0.29) is 0 Å². The van der Waals surface area contributed by atoms with Crippen LogP contribution in [0.1, 0.15) is 30.4 Å². The van der Waals surface area contributed by atoms with Crippen molar-refractivity contribution in [2.75, 3.05) is 31.6 Å². The average Bonchev–Trinajstić information content (AvgIpc) is 2.67. The largest absolute Gasteiger partial charge is 0.497 e. The number of ether oxygens (including phenoxy) is 1. The third-order valence-electron chi connectivity index (χ3n) is 4.74. The Morgan fingerprint density at radius 2 is 1.54 bits per heavy atom. The van der Waals surface area contributed by atoms with E-state index in [1.807, 2.05) is 12.1 Å². The molecule has 1 N–H and O–H groups in total. The van der Waals surface area contributed by atoms with E-state index >= 15 is 0 Å². The van der Waals surface area contributed by atoms with Gasteiger partial charge in [-0.25, -0.2) is 0 Å².